The molecule has 1 saturated heterocycles. The van der Waals surface area contributed by atoms with Crippen LogP contribution < -0.4 is 0 Å². The van der Waals surface area contributed by atoms with E-state index in [-0.39, 0.29) is 11.7 Å². The van der Waals surface area contributed by atoms with Crippen LogP contribution in [0.4, 0.5) is 4.39 Å². The van der Waals surface area contributed by atoms with Crippen LogP contribution >= 0.6 is 0 Å². The molecular formula is C17H17FN2O. The Kier molecular flexibility index (Phi) is 3.95. The Morgan fingerprint density at radius 2 is 1.95 bits per heavy atom. The van der Waals surface area contributed by atoms with Crippen molar-refractivity contribution in [2.24, 2.45) is 0 Å². The first-order chi connectivity index (χ1) is 10.2. The first-order valence-electron chi connectivity index (χ1n) is 7.21. The molecule has 1 amide bonds. The van der Waals surface area contributed by atoms with Crippen molar-refractivity contribution < 1.29 is 9.18 Å². The molecular weight excluding hydrogens is 267 g/mol. The van der Waals surface area contributed by atoms with Gasteiger partial charge in [0.1, 0.15) is 5.82 Å². The zero-order valence-corrected chi connectivity index (χ0v) is 11.8. The molecule has 1 aromatic heterocycles. The van der Waals surface area contributed by atoms with Crippen molar-refractivity contribution in [1.82, 2.24) is 9.88 Å². The highest BCUT2D eigenvalue weighted by Crippen LogP contribution is 2.18. The highest BCUT2D eigenvalue weighted by atomic mass is 19.1. The summed E-state index contributed by atoms with van der Waals surface area (Å²) in [6.07, 6.45) is 4.44. The highest BCUT2D eigenvalue weighted by Gasteiger charge is 2.22. The van der Waals surface area contributed by atoms with Crippen molar-refractivity contribution in [3.8, 4) is 11.3 Å². The maximum atomic E-state index is 12.9. The van der Waals surface area contributed by atoms with E-state index < -0.39 is 0 Å². The molecule has 108 valence electrons. The monoisotopic (exact) mass is 284 g/mol. The number of β-lactam (4-membered cyclic amide) rings is 1. The molecule has 0 unspecified atom stereocenters. The number of rotatable bonds is 5. The number of nitrogens with zero attached hydrogens (tertiary/aromatic N) is 2. The summed E-state index contributed by atoms with van der Waals surface area (Å²) in [7, 11) is 0. The average Bonchev–Trinajstić information content (AvgIpc) is 2.51. The minimum atomic E-state index is -0.240. The predicted octanol–water partition coefficient (Wildman–Crippen LogP) is 3.05. The van der Waals surface area contributed by atoms with E-state index in [9.17, 15) is 9.18 Å². The van der Waals surface area contributed by atoms with Gasteiger partial charge in [0.05, 0.1) is 5.69 Å². The number of hydrogen-bond donors (Lipinski definition) is 0. The summed E-state index contributed by atoms with van der Waals surface area (Å²) in [6.45, 7) is 1.74. The Bertz CT molecular complexity index is 622. The van der Waals surface area contributed by atoms with Crippen molar-refractivity contribution in [3.05, 3.63) is 54.0 Å². The van der Waals surface area contributed by atoms with E-state index in [1.54, 1.807) is 12.1 Å². The second-order valence-corrected chi connectivity index (χ2v) is 5.29. The number of likely N-dealkylation sites (tertiary alicyclic amines) is 1. The summed E-state index contributed by atoms with van der Waals surface area (Å²) in [5.74, 6) is 0.0238. The van der Waals surface area contributed by atoms with Crippen LogP contribution in [0.25, 0.3) is 11.3 Å². The van der Waals surface area contributed by atoms with E-state index in [0.29, 0.717) is 6.42 Å². The Labute approximate surface area is 123 Å². The second-order valence-electron chi connectivity index (χ2n) is 5.29. The van der Waals surface area contributed by atoms with E-state index in [1.165, 1.54) is 12.1 Å². The average molecular weight is 284 g/mol. The van der Waals surface area contributed by atoms with Gasteiger partial charge in [0.2, 0.25) is 5.91 Å². The van der Waals surface area contributed by atoms with E-state index in [4.69, 9.17) is 0 Å². The smallest absolute Gasteiger partial charge is 0.224 e. The predicted molar refractivity (Wildman–Crippen MR) is 79.1 cm³/mol. The van der Waals surface area contributed by atoms with E-state index >= 15 is 0 Å². The van der Waals surface area contributed by atoms with Gasteiger partial charge in [-0.2, -0.15) is 0 Å². The van der Waals surface area contributed by atoms with Gasteiger partial charge in [0, 0.05) is 31.3 Å². The van der Waals surface area contributed by atoms with Crippen LogP contribution in [0, 0.1) is 5.82 Å². The van der Waals surface area contributed by atoms with Crippen LogP contribution in [0.5, 0.6) is 0 Å². The molecule has 0 bridgehead atoms. The van der Waals surface area contributed by atoms with Gasteiger partial charge in [-0.25, -0.2) is 4.39 Å². The van der Waals surface area contributed by atoms with E-state index in [2.05, 4.69) is 4.98 Å². The third-order valence-corrected chi connectivity index (χ3v) is 3.81. The molecule has 1 aliphatic heterocycles. The van der Waals surface area contributed by atoms with Gasteiger partial charge in [-0.05, 0) is 48.7 Å². The first-order valence-corrected chi connectivity index (χ1v) is 7.21. The van der Waals surface area contributed by atoms with Crippen LogP contribution in [-0.4, -0.2) is 28.9 Å². The molecule has 0 saturated carbocycles. The lowest BCUT2D eigenvalue weighted by Crippen LogP contribution is -2.43. The van der Waals surface area contributed by atoms with Gasteiger partial charge in [-0.1, -0.05) is 6.07 Å². The lowest BCUT2D eigenvalue weighted by molar-refractivity contribution is -0.139. The van der Waals surface area contributed by atoms with Gasteiger partial charge in [-0.3, -0.25) is 9.78 Å². The molecule has 3 nitrogen and oxygen atoms in total. The molecule has 0 N–H and O–H groups in total. The molecule has 0 atom stereocenters. The van der Waals surface area contributed by atoms with E-state index in [1.807, 2.05) is 23.2 Å². The van der Waals surface area contributed by atoms with Crippen molar-refractivity contribution in [2.45, 2.75) is 19.3 Å². The molecule has 2 aromatic rings. The van der Waals surface area contributed by atoms with Crippen LogP contribution in [0.1, 0.15) is 18.4 Å². The van der Waals surface area contributed by atoms with Crippen LogP contribution in [-0.2, 0) is 11.2 Å². The highest BCUT2D eigenvalue weighted by molar-refractivity contribution is 5.81. The normalized spacial score (nSPS) is 14.1. The van der Waals surface area contributed by atoms with E-state index in [0.717, 1.165) is 42.8 Å². The molecule has 1 aliphatic rings. The number of aryl methyl sites for hydroxylation is 1. The third kappa shape index (κ3) is 3.27. The van der Waals surface area contributed by atoms with Crippen LogP contribution in [0.15, 0.2) is 42.6 Å². The Morgan fingerprint density at radius 1 is 1.14 bits per heavy atom. The number of aromatic nitrogens is 1. The summed E-state index contributed by atoms with van der Waals surface area (Å²) in [6, 6.07) is 10.3. The number of carbonyl (C=O) groups excluding carboxylic acids is 1. The zero-order chi connectivity index (χ0) is 14.7. The molecule has 0 aliphatic carbocycles. The number of benzene rings is 1. The van der Waals surface area contributed by atoms with Crippen molar-refractivity contribution in [3.63, 3.8) is 0 Å². The molecule has 0 spiro atoms. The molecule has 3 rings (SSSR count). The standard InChI is InChI=1S/C17H17FN2O/c18-15-6-4-14(5-7-15)16-8-3-13(12-19-16)2-1-10-20-11-9-17(20)21/h3-8,12H,1-2,9-11H2. The Morgan fingerprint density at radius 3 is 2.52 bits per heavy atom. The maximum absolute atomic E-state index is 12.9. The van der Waals surface area contributed by atoms with Crippen LogP contribution in [0.3, 0.4) is 0 Å². The Balaban J connectivity index is 1.56. The van der Waals surface area contributed by atoms with Gasteiger partial charge >= 0.3 is 0 Å². The summed E-state index contributed by atoms with van der Waals surface area (Å²) in [5, 5.41) is 0. The SMILES string of the molecule is O=C1CCN1CCCc1ccc(-c2ccc(F)cc2)nc1. The van der Waals surface area contributed by atoms with Gasteiger partial charge < -0.3 is 4.90 Å². The van der Waals surface area contributed by atoms with Gasteiger partial charge in [0.15, 0.2) is 0 Å². The number of hydrogen-bond acceptors (Lipinski definition) is 2. The quantitative estimate of drug-likeness (QED) is 0.791. The summed E-state index contributed by atoms with van der Waals surface area (Å²) in [4.78, 5) is 17.5. The van der Waals surface area contributed by atoms with Crippen molar-refractivity contribution >= 4 is 5.91 Å². The topological polar surface area (TPSA) is 33.2 Å². The minimum Gasteiger partial charge on any atom is -0.342 e. The largest absolute Gasteiger partial charge is 0.342 e. The summed E-state index contributed by atoms with van der Waals surface area (Å²) < 4.78 is 12.9. The molecule has 21 heavy (non-hydrogen) atoms. The number of pyridine rings is 1. The summed E-state index contributed by atoms with van der Waals surface area (Å²) >= 11 is 0. The van der Waals surface area contributed by atoms with Gasteiger partial charge in [-0.15, -0.1) is 0 Å². The third-order valence-electron chi connectivity index (χ3n) is 3.81. The fraction of sp³-hybridized carbons (Fsp3) is 0.294. The lowest BCUT2D eigenvalue weighted by Gasteiger charge is -2.30. The molecule has 1 fully saturated rings. The number of halogens is 1. The first kappa shape index (κ1) is 13.7. The van der Waals surface area contributed by atoms with Gasteiger partial charge in [0.25, 0.3) is 0 Å². The molecule has 4 heteroatoms. The fourth-order valence-corrected chi connectivity index (χ4v) is 2.44. The fourth-order valence-electron chi connectivity index (χ4n) is 2.44. The zero-order valence-electron chi connectivity index (χ0n) is 11.8. The lowest BCUT2D eigenvalue weighted by atomic mass is 10.1. The molecule has 2 heterocycles. The van der Waals surface area contributed by atoms with Crippen molar-refractivity contribution in [2.75, 3.05) is 13.1 Å². The van der Waals surface area contributed by atoms with Crippen molar-refractivity contribution in [1.29, 1.82) is 0 Å². The molecule has 1 aromatic carbocycles. The molecule has 0 radical (unpaired) electrons. The maximum Gasteiger partial charge on any atom is 0.224 e. The Hall–Kier alpha value is -2.23. The van der Waals surface area contributed by atoms with Crippen LogP contribution in [0.2, 0.25) is 0 Å². The summed E-state index contributed by atoms with van der Waals surface area (Å²) in [5.41, 5.74) is 2.92. The second kappa shape index (κ2) is 6.04. The number of carbonyl (C=O) groups is 1. The number of amides is 1. The minimum absolute atomic E-state index is 0.240.